The molecule has 1 aliphatic heterocycles. The third-order valence-electron chi connectivity index (χ3n) is 4.36. The minimum Gasteiger partial charge on any atom is -0.338 e. The molecule has 1 aromatic heterocycles. The van der Waals surface area contributed by atoms with Crippen LogP contribution in [0, 0.1) is 11.7 Å². The van der Waals surface area contributed by atoms with Gasteiger partial charge < -0.3 is 10.2 Å². The van der Waals surface area contributed by atoms with Gasteiger partial charge >= 0.3 is 6.18 Å². The van der Waals surface area contributed by atoms with E-state index in [0.717, 1.165) is 12.4 Å². The Morgan fingerprint density at radius 3 is 2.78 bits per heavy atom. The Labute approximate surface area is 151 Å². The maximum atomic E-state index is 13.6. The summed E-state index contributed by atoms with van der Waals surface area (Å²) >= 11 is 0. The number of rotatable bonds is 4. The number of nitrogens with one attached hydrogen (secondary N) is 1. The molecule has 0 saturated carbocycles. The van der Waals surface area contributed by atoms with Crippen LogP contribution in [-0.2, 0) is 16.1 Å². The van der Waals surface area contributed by atoms with Gasteiger partial charge in [-0.15, -0.1) is 0 Å². The number of benzene rings is 1. The minimum absolute atomic E-state index is 0.0831. The quantitative estimate of drug-likeness (QED) is 0.825. The molecule has 0 aliphatic carbocycles. The van der Waals surface area contributed by atoms with Gasteiger partial charge in [0.05, 0.1) is 23.8 Å². The highest BCUT2D eigenvalue weighted by molar-refractivity contribution is 5.97. The Kier molecular flexibility index (Phi) is 4.90. The monoisotopic (exact) mass is 384 g/mol. The number of carbonyl (C=O) groups excluding carboxylic acids is 2. The molecule has 144 valence electrons. The molecule has 0 spiro atoms. The van der Waals surface area contributed by atoms with Crippen molar-refractivity contribution in [1.29, 1.82) is 0 Å². The molecular weight excluding hydrogens is 368 g/mol. The van der Waals surface area contributed by atoms with Crippen molar-refractivity contribution in [1.82, 2.24) is 14.7 Å². The third-order valence-corrected chi connectivity index (χ3v) is 4.36. The molecule has 2 amide bonds. The zero-order valence-corrected chi connectivity index (χ0v) is 14.2. The van der Waals surface area contributed by atoms with Crippen molar-refractivity contribution in [2.75, 3.05) is 12.4 Å². The summed E-state index contributed by atoms with van der Waals surface area (Å²) < 4.78 is 51.4. The fourth-order valence-electron chi connectivity index (χ4n) is 3.18. The lowest BCUT2D eigenvalue weighted by molar-refractivity contribution is -0.142. The van der Waals surface area contributed by atoms with Crippen LogP contribution in [-0.4, -0.2) is 39.7 Å². The molecular formula is C17H16F4N4O2. The highest BCUT2D eigenvalue weighted by atomic mass is 19.4. The van der Waals surface area contributed by atoms with E-state index in [0.29, 0.717) is 10.2 Å². The summed E-state index contributed by atoms with van der Waals surface area (Å²) in [5.74, 6) is -2.13. The smallest absolute Gasteiger partial charge is 0.338 e. The van der Waals surface area contributed by atoms with Gasteiger partial charge in [0, 0.05) is 19.7 Å². The Morgan fingerprint density at radius 1 is 1.37 bits per heavy atom. The van der Waals surface area contributed by atoms with Crippen molar-refractivity contribution in [2.24, 2.45) is 5.92 Å². The van der Waals surface area contributed by atoms with Crippen LogP contribution in [0.15, 0.2) is 36.7 Å². The molecule has 0 radical (unpaired) electrons. The van der Waals surface area contributed by atoms with Crippen molar-refractivity contribution >= 4 is 17.5 Å². The molecule has 0 unspecified atom stereocenters. The van der Waals surface area contributed by atoms with Gasteiger partial charge in [0.2, 0.25) is 11.8 Å². The lowest BCUT2D eigenvalue weighted by atomic mass is 9.93. The number of hydrogen-bond acceptors (Lipinski definition) is 3. The number of alkyl halides is 3. The molecule has 3 rings (SSSR count). The zero-order valence-electron chi connectivity index (χ0n) is 14.2. The van der Waals surface area contributed by atoms with Crippen molar-refractivity contribution in [3.8, 4) is 0 Å². The molecule has 1 N–H and O–H groups in total. The first-order valence-corrected chi connectivity index (χ1v) is 8.05. The summed E-state index contributed by atoms with van der Waals surface area (Å²) in [6, 6.07) is 4.94. The number of anilines is 1. The van der Waals surface area contributed by atoms with Crippen LogP contribution in [0.3, 0.4) is 0 Å². The van der Waals surface area contributed by atoms with E-state index >= 15 is 0 Å². The molecule has 1 fully saturated rings. The fourth-order valence-corrected chi connectivity index (χ4v) is 3.18. The molecule has 1 aromatic carbocycles. The van der Waals surface area contributed by atoms with E-state index in [1.54, 1.807) is 6.07 Å². The van der Waals surface area contributed by atoms with E-state index in [1.807, 2.05) is 0 Å². The van der Waals surface area contributed by atoms with Gasteiger partial charge in [0.25, 0.3) is 0 Å². The Hall–Kier alpha value is -2.91. The number of nitrogens with zero attached hydrogens (tertiary/aromatic N) is 3. The SMILES string of the molecule is CN1C(=O)C[C@@H](C(=O)Nc2cnn(CC(F)(F)F)c2)[C@H]1c1cccc(F)c1. The molecule has 10 heteroatoms. The van der Waals surface area contributed by atoms with Crippen LogP contribution in [0.5, 0.6) is 0 Å². The molecule has 2 heterocycles. The van der Waals surface area contributed by atoms with Gasteiger partial charge in [-0.3, -0.25) is 14.3 Å². The first-order chi connectivity index (χ1) is 12.6. The van der Waals surface area contributed by atoms with Gasteiger partial charge in [-0.25, -0.2) is 4.39 Å². The van der Waals surface area contributed by atoms with E-state index in [2.05, 4.69) is 10.4 Å². The number of likely N-dealkylation sites (tertiary alicyclic amines) is 1. The lowest BCUT2D eigenvalue weighted by Gasteiger charge is -2.24. The van der Waals surface area contributed by atoms with Crippen LogP contribution in [0.1, 0.15) is 18.0 Å². The average Bonchev–Trinajstić information content (AvgIpc) is 3.10. The molecule has 6 nitrogen and oxygen atoms in total. The van der Waals surface area contributed by atoms with Crippen molar-refractivity contribution < 1.29 is 27.2 Å². The Bertz CT molecular complexity index is 865. The summed E-state index contributed by atoms with van der Waals surface area (Å²) in [6.07, 6.45) is -2.36. The molecule has 1 saturated heterocycles. The molecule has 27 heavy (non-hydrogen) atoms. The van der Waals surface area contributed by atoms with Gasteiger partial charge in [-0.05, 0) is 17.7 Å². The van der Waals surface area contributed by atoms with Crippen LogP contribution >= 0.6 is 0 Å². The standard InChI is InChI=1S/C17H16F4N4O2/c1-24-14(26)6-13(15(24)10-3-2-4-11(18)5-10)16(27)23-12-7-22-25(8-12)9-17(19,20)21/h2-5,7-8,13,15H,6,9H2,1H3,(H,23,27)/t13-,15-/m1/s1. The van der Waals surface area contributed by atoms with Crippen LogP contribution in [0.2, 0.25) is 0 Å². The fraction of sp³-hybridized carbons (Fsp3) is 0.353. The first kappa shape index (κ1) is 18.9. The predicted molar refractivity (Wildman–Crippen MR) is 86.9 cm³/mol. The minimum atomic E-state index is -4.43. The summed E-state index contributed by atoms with van der Waals surface area (Å²) in [4.78, 5) is 26.1. The summed E-state index contributed by atoms with van der Waals surface area (Å²) in [5.41, 5.74) is 0.556. The second-order valence-electron chi connectivity index (χ2n) is 6.35. The Morgan fingerprint density at radius 2 is 2.11 bits per heavy atom. The van der Waals surface area contributed by atoms with Gasteiger partial charge in [0.15, 0.2) is 0 Å². The Balaban J connectivity index is 1.77. The van der Waals surface area contributed by atoms with Gasteiger partial charge in [-0.2, -0.15) is 18.3 Å². The number of aromatic nitrogens is 2. The van der Waals surface area contributed by atoms with Crippen molar-refractivity contribution in [3.63, 3.8) is 0 Å². The second-order valence-corrected chi connectivity index (χ2v) is 6.35. The third kappa shape index (κ3) is 4.26. The van der Waals surface area contributed by atoms with Gasteiger partial charge in [-0.1, -0.05) is 12.1 Å². The number of amides is 2. The maximum absolute atomic E-state index is 13.6. The highest BCUT2D eigenvalue weighted by Gasteiger charge is 2.43. The highest BCUT2D eigenvalue weighted by Crippen LogP contribution is 2.37. The van der Waals surface area contributed by atoms with Crippen molar-refractivity contribution in [2.45, 2.75) is 25.2 Å². The number of halogens is 4. The van der Waals surface area contributed by atoms with Crippen LogP contribution in [0.25, 0.3) is 0 Å². The van der Waals surface area contributed by atoms with Crippen LogP contribution < -0.4 is 5.32 Å². The molecule has 0 bridgehead atoms. The zero-order chi connectivity index (χ0) is 19.8. The normalized spacial score (nSPS) is 20.2. The summed E-state index contributed by atoms with van der Waals surface area (Å²) in [7, 11) is 1.52. The number of carbonyl (C=O) groups is 2. The average molecular weight is 384 g/mol. The lowest BCUT2D eigenvalue weighted by Crippen LogP contribution is -2.30. The topological polar surface area (TPSA) is 67.2 Å². The van der Waals surface area contributed by atoms with E-state index in [4.69, 9.17) is 0 Å². The van der Waals surface area contributed by atoms with Crippen LogP contribution in [0.4, 0.5) is 23.2 Å². The molecule has 1 aliphatic rings. The van der Waals surface area contributed by atoms with E-state index in [9.17, 15) is 27.2 Å². The molecule has 2 atom stereocenters. The predicted octanol–water partition coefficient (Wildman–Crippen LogP) is 2.74. The second kappa shape index (κ2) is 7.01. The largest absolute Gasteiger partial charge is 0.408 e. The first-order valence-electron chi connectivity index (χ1n) is 8.05. The maximum Gasteiger partial charge on any atom is 0.408 e. The van der Waals surface area contributed by atoms with E-state index in [-0.39, 0.29) is 18.0 Å². The van der Waals surface area contributed by atoms with Crippen molar-refractivity contribution in [3.05, 3.63) is 48.0 Å². The summed E-state index contributed by atoms with van der Waals surface area (Å²) in [6.45, 7) is -1.28. The van der Waals surface area contributed by atoms with Gasteiger partial charge in [0.1, 0.15) is 12.4 Å². The number of hydrogen-bond donors (Lipinski definition) is 1. The summed E-state index contributed by atoms with van der Waals surface area (Å²) in [5, 5.41) is 6.04. The van der Waals surface area contributed by atoms with E-state index in [1.165, 1.54) is 30.1 Å². The van der Waals surface area contributed by atoms with E-state index < -0.39 is 36.4 Å². The molecule has 2 aromatic rings.